The number of ether oxygens (including phenoxy) is 4. The van der Waals surface area contributed by atoms with Crippen molar-refractivity contribution < 1.29 is 23.7 Å². The molecule has 0 saturated heterocycles. The third-order valence-corrected chi connectivity index (χ3v) is 5.27. The Morgan fingerprint density at radius 2 is 1.65 bits per heavy atom. The topological polar surface area (TPSA) is 91.8 Å². The van der Waals surface area contributed by atoms with E-state index in [1.54, 1.807) is 54.3 Å². The Kier molecular flexibility index (Phi) is 30.4. The van der Waals surface area contributed by atoms with Crippen molar-refractivity contribution in [3.05, 3.63) is 79.3 Å². The molecule has 0 aromatic carbocycles. The molecule has 0 unspecified atom stereocenters. The minimum Gasteiger partial charge on any atom is -0.484 e. The number of hydrogen-bond acceptors (Lipinski definition) is 8. The molecule has 244 valence electrons. The molecule has 1 aromatic heterocycles. The molecule has 2 rings (SSSR count). The van der Waals surface area contributed by atoms with Crippen molar-refractivity contribution in [2.24, 2.45) is 5.92 Å². The minimum absolute atomic E-state index is 0.358. The van der Waals surface area contributed by atoms with E-state index in [-0.39, 0.29) is 5.97 Å². The SMILES string of the molecule is C/C=C(\C)c1cc(NC)nc(OC)n1.C=C/C=C/OC(C)(C)C(=O)OCC.CC.CCCCC1C=CC=CC=C1.COC. The average molecular weight is 602 g/mol. The second kappa shape index (κ2) is 29.8. The van der Waals surface area contributed by atoms with Crippen LogP contribution in [-0.4, -0.2) is 56.5 Å². The Morgan fingerprint density at radius 3 is 2.09 bits per heavy atom. The summed E-state index contributed by atoms with van der Waals surface area (Å²) in [5.74, 6) is 1.06. The fraction of sp³-hybridized carbons (Fsp3) is 0.514. The lowest BCUT2D eigenvalue weighted by molar-refractivity contribution is -0.161. The molecule has 1 aliphatic carbocycles. The molecule has 0 aliphatic heterocycles. The molecular weight excluding hydrogens is 542 g/mol. The van der Waals surface area contributed by atoms with Gasteiger partial charge in [-0.1, -0.05) is 88.8 Å². The van der Waals surface area contributed by atoms with Crippen LogP contribution in [-0.2, 0) is 19.0 Å². The summed E-state index contributed by atoms with van der Waals surface area (Å²) in [6, 6.07) is 2.27. The van der Waals surface area contributed by atoms with Crippen molar-refractivity contribution in [1.29, 1.82) is 0 Å². The lowest BCUT2D eigenvalue weighted by Crippen LogP contribution is -2.35. The molecule has 0 amide bonds. The van der Waals surface area contributed by atoms with Gasteiger partial charge in [0.15, 0.2) is 5.60 Å². The van der Waals surface area contributed by atoms with E-state index in [2.05, 4.69) is 70.0 Å². The zero-order valence-electron chi connectivity index (χ0n) is 28.9. The van der Waals surface area contributed by atoms with E-state index in [0.29, 0.717) is 18.5 Å². The highest BCUT2D eigenvalue weighted by molar-refractivity contribution is 5.78. The maximum atomic E-state index is 11.3. The van der Waals surface area contributed by atoms with Gasteiger partial charge >= 0.3 is 12.0 Å². The molecule has 8 heteroatoms. The number of nitrogens with one attached hydrogen (secondary N) is 1. The number of allylic oxidation sites excluding steroid dienone is 10. The van der Waals surface area contributed by atoms with Gasteiger partial charge in [-0.05, 0) is 58.6 Å². The fourth-order valence-corrected chi connectivity index (χ4v) is 2.85. The smallest absolute Gasteiger partial charge is 0.349 e. The highest BCUT2D eigenvalue weighted by Crippen LogP contribution is 2.17. The molecule has 0 atom stereocenters. The summed E-state index contributed by atoms with van der Waals surface area (Å²) in [5, 5.41) is 2.96. The van der Waals surface area contributed by atoms with Crippen LogP contribution in [0.5, 0.6) is 6.01 Å². The van der Waals surface area contributed by atoms with Gasteiger partial charge in [-0.3, -0.25) is 0 Å². The lowest BCUT2D eigenvalue weighted by atomic mass is 10.0. The number of methoxy groups -OCH3 is 2. The molecule has 1 N–H and O–H groups in total. The number of nitrogens with zero attached hydrogens (tertiary/aromatic N) is 2. The second-order valence-corrected chi connectivity index (χ2v) is 9.13. The van der Waals surface area contributed by atoms with Gasteiger partial charge in [-0.2, -0.15) is 9.97 Å². The van der Waals surface area contributed by atoms with Crippen molar-refractivity contribution in [2.75, 3.05) is 40.3 Å². The molecule has 0 saturated carbocycles. The van der Waals surface area contributed by atoms with Crippen molar-refractivity contribution in [2.45, 2.75) is 80.3 Å². The van der Waals surface area contributed by atoms with E-state index < -0.39 is 5.60 Å². The Labute approximate surface area is 262 Å². The molecule has 1 aliphatic rings. The summed E-state index contributed by atoms with van der Waals surface area (Å²) in [7, 11) is 6.63. The number of hydrogen-bond donors (Lipinski definition) is 1. The summed E-state index contributed by atoms with van der Waals surface area (Å²) in [6.45, 7) is 19.1. The average Bonchev–Trinajstić information content (AvgIpc) is 3.30. The normalized spacial score (nSPS) is 12.0. The van der Waals surface area contributed by atoms with Crippen LogP contribution in [0.25, 0.3) is 5.57 Å². The van der Waals surface area contributed by atoms with Crippen LogP contribution in [0.15, 0.2) is 73.6 Å². The van der Waals surface area contributed by atoms with Gasteiger partial charge in [-0.15, -0.1) is 0 Å². The Hall–Kier alpha value is -3.65. The van der Waals surface area contributed by atoms with E-state index in [0.717, 1.165) is 17.1 Å². The van der Waals surface area contributed by atoms with Crippen LogP contribution >= 0.6 is 0 Å². The van der Waals surface area contributed by atoms with Gasteiger partial charge < -0.3 is 24.3 Å². The number of aromatic nitrogens is 2. The van der Waals surface area contributed by atoms with Crippen molar-refractivity contribution >= 4 is 17.4 Å². The third kappa shape index (κ3) is 23.6. The predicted octanol–water partition coefficient (Wildman–Crippen LogP) is 8.76. The van der Waals surface area contributed by atoms with Gasteiger partial charge in [0.25, 0.3) is 0 Å². The van der Waals surface area contributed by atoms with Crippen LogP contribution in [0.4, 0.5) is 5.82 Å². The van der Waals surface area contributed by atoms with E-state index in [1.807, 2.05) is 46.9 Å². The molecule has 1 heterocycles. The monoisotopic (exact) mass is 601 g/mol. The van der Waals surface area contributed by atoms with Gasteiger partial charge in [0.2, 0.25) is 0 Å². The Balaban J connectivity index is -0.000000520. The van der Waals surface area contributed by atoms with E-state index in [9.17, 15) is 4.79 Å². The van der Waals surface area contributed by atoms with Gasteiger partial charge in [0.05, 0.1) is 25.7 Å². The van der Waals surface area contributed by atoms with Crippen LogP contribution in [0.3, 0.4) is 0 Å². The quantitative estimate of drug-likeness (QED) is 0.153. The van der Waals surface area contributed by atoms with E-state index >= 15 is 0 Å². The number of anilines is 1. The molecular formula is C35H59N3O5. The summed E-state index contributed by atoms with van der Waals surface area (Å²) >= 11 is 0. The first-order chi connectivity index (χ1) is 20.6. The maximum absolute atomic E-state index is 11.3. The van der Waals surface area contributed by atoms with Crippen LogP contribution < -0.4 is 10.1 Å². The highest BCUT2D eigenvalue weighted by atomic mass is 16.6. The van der Waals surface area contributed by atoms with Gasteiger partial charge in [0.1, 0.15) is 5.82 Å². The van der Waals surface area contributed by atoms with Gasteiger partial charge in [0, 0.05) is 27.3 Å². The van der Waals surface area contributed by atoms with E-state index in [1.165, 1.54) is 25.5 Å². The van der Waals surface area contributed by atoms with Gasteiger partial charge in [-0.25, -0.2) is 4.79 Å². The number of rotatable bonds is 11. The number of carbonyl (C=O) groups is 1. The molecule has 0 radical (unpaired) electrons. The molecule has 1 aromatic rings. The second-order valence-electron chi connectivity index (χ2n) is 9.13. The first-order valence-corrected chi connectivity index (χ1v) is 14.9. The molecule has 43 heavy (non-hydrogen) atoms. The summed E-state index contributed by atoms with van der Waals surface area (Å²) in [6.07, 6.45) is 23.5. The van der Waals surface area contributed by atoms with Crippen molar-refractivity contribution in [3.63, 3.8) is 0 Å². The number of unbranched alkanes of at least 4 members (excludes halogenated alkanes) is 1. The van der Waals surface area contributed by atoms with Crippen molar-refractivity contribution in [1.82, 2.24) is 9.97 Å². The summed E-state index contributed by atoms with van der Waals surface area (Å²) in [4.78, 5) is 19.6. The molecule has 0 fully saturated rings. The first-order valence-electron chi connectivity index (χ1n) is 14.9. The largest absolute Gasteiger partial charge is 0.484 e. The molecule has 0 spiro atoms. The maximum Gasteiger partial charge on any atom is 0.349 e. The number of carbonyl (C=O) groups excluding carboxylic acids is 1. The van der Waals surface area contributed by atoms with Crippen molar-refractivity contribution in [3.8, 4) is 6.01 Å². The predicted molar refractivity (Wildman–Crippen MR) is 183 cm³/mol. The fourth-order valence-electron chi connectivity index (χ4n) is 2.85. The van der Waals surface area contributed by atoms with E-state index in [4.69, 9.17) is 14.2 Å². The highest BCUT2D eigenvalue weighted by Gasteiger charge is 2.29. The van der Waals surface area contributed by atoms with Crippen LogP contribution in [0.2, 0.25) is 0 Å². The van der Waals surface area contributed by atoms with Crippen LogP contribution in [0.1, 0.15) is 80.3 Å². The first kappa shape index (κ1) is 43.8. The Bertz CT molecular complexity index is 957. The Morgan fingerprint density at radius 1 is 1.07 bits per heavy atom. The zero-order chi connectivity index (χ0) is 33.5. The molecule has 8 nitrogen and oxygen atoms in total. The van der Waals surface area contributed by atoms with Crippen LogP contribution in [0, 0.1) is 5.92 Å². The third-order valence-electron chi connectivity index (χ3n) is 5.27. The lowest BCUT2D eigenvalue weighted by Gasteiger charge is -2.21. The summed E-state index contributed by atoms with van der Waals surface area (Å²) in [5.41, 5.74) is 1.04. The molecule has 0 bridgehead atoms. The number of esters is 1. The standard InChI is InChI=1S/C11H16.C10H15N3O.C10H16O3.C2H6O.C2H6/c1-2-3-8-11-9-6-4-5-7-10-11;1-5-7(2)8-6-9(11-3)13-10(12-8)14-4;1-5-7-8-13-10(3,4)9(11)12-6-2;1-3-2;1-2/h4-7,9-11H,2-3,8H2,1H3;5-6H,1-4H3,(H,11,12,13);5,7-8H,1,6H2,2-4H3;1-2H3;1-2H3/b;7-5+;8-7+;;. The summed E-state index contributed by atoms with van der Waals surface area (Å²) < 4.78 is 19.2. The zero-order valence-corrected chi connectivity index (χ0v) is 28.9. The minimum atomic E-state index is -0.935.